The molecule has 1 N–H and O–H groups in total. The van der Waals surface area contributed by atoms with Crippen LogP contribution in [0.3, 0.4) is 0 Å². The molecule has 0 atom stereocenters. The lowest BCUT2D eigenvalue weighted by atomic mass is 10.0. The molecule has 0 amide bonds. The van der Waals surface area contributed by atoms with Gasteiger partial charge >= 0.3 is 0 Å². The van der Waals surface area contributed by atoms with Crippen LogP contribution in [0.25, 0.3) is 11.1 Å². The molecule has 4 heteroatoms. The van der Waals surface area contributed by atoms with Gasteiger partial charge in [-0.15, -0.1) is 0 Å². The second-order valence-electron chi connectivity index (χ2n) is 5.35. The van der Waals surface area contributed by atoms with Gasteiger partial charge in [0.2, 0.25) is 0 Å². The fraction of sp³-hybridized carbons (Fsp3) is 0.471. The van der Waals surface area contributed by atoms with Gasteiger partial charge in [0.25, 0.3) is 0 Å². The van der Waals surface area contributed by atoms with Crippen LogP contribution in [0.4, 0.5) is 0 Å². The van der Waals surface area contributed by atoms with Crippen LogP contribution < -0.4 is 5.32 Å². The molecule has 2 aromatic rings. The third kappa shape index (κ3) is 3.86. The van der Waals surface area contributed by atoms with E-state index in [1.165, 1.54) is 11.3 Å². The Morgan fingerprint density at radius 1 is 1.24 bits per heavy atom. The lowest BCUT2D eigenvalue weighted by Crippen LogP contribution is -2.13. The van der Waals surface area contributed by atoms with E-state index in [1.807, 2.05) is 12.3 Å². The zero-order valence-corrected chi connectivity index (χ0v) is 13.9. The summed E-state index contributed by atoms with van der Waals surface area (Å²) < 4.78 is 2.06. The van der Waals surface area contributed by atoms with Crippen LogP contribution in [0.2, 0.25) is 5.02 Å². The molecule has 21 heavy (non-hydrogen) atoms. The average Bonchev–Trinajstić information content (AvgIpc) is 2.83. The summed E-state index contributed by atoms with van der Waals surface area (Å²) in [6.07, 6.45) is 4.15. The zero-order valence-electron chi connectivity index (χ0n) is 13.1. The predicted molar refractivity (Wildman–Crippen MR) is 89.7 cm³/mol. The maximum atomic E-state index is 6.41. The van der Waals surface area contributed by atoms with E-state index < -0.39 is 0 Å². The fourth-order valence-corrected chi connectivity index (χ4v) is 2.67. The predicted octanol–water partition coefficient (Wildman–Crippen LogP) is 4.42. The summed E-state index contributed by atoms with van der Waals surface area (Å²) in [6.45, 7) is 9.23. The molecule has 0 radical (unpaired) electrons. The quantitative estimate of drug-likeness (QED) is 0.767. The molecule has 0 bridgehead atoms. The van der Waals surface area contributed by atoms with Crippen molar-refractivity contribution in [2.45, 2.75) is 46.7 Å². The summed E-state index contributed by atoms with van der Waals surface area (Å²) in [4.78, 5) is 0. The van der Waals surface area contributed by atoms with E-state index >= 15 is 0 Å². The van der Waals surface area contributed by atoms with E-state index in [-0.39, 0.29) is 0 Å². The van der Waals surface area contributed by atoms with Crippen LogP contribution in [-0.2, 0) is 13.1 Å². The molecule has 1 heterocycles. The number of hydrogen-bond acceptors (Lipinski definition) is 2. The minimum absolute atomic E-state index is 0.818. The summed E-state index contributed by atoms with van der Waals surface area (Å²) in [5.41, 5.74) is 4.65. The molecule has 0 aliphatic heterocycles. The Bertz CT molecular complexity index is 590. The zero-order chi connectivity index (χ0) is 15.2. The van der Waals surface area contributed by atoms with Gasteiger partial charge in [-0.2, -0.15) is 5.10 Å². The normalized spacial score (nSPS) is 11.0. The minimum atomic E-state index is 0.818. The van der Waals surface area contributed by atoms with Gasteiger partial charge in [0.1, 0.15) is 0 Å². The first-order valence-corrected chi connectivity index (χ1v) is 8.07. The van der Waals surface area contributed by atoms with Crippen molar-refractivity contribution in [1.29, 1.82) is 0 Å². The molecule has 114 valence electrons. The molecule has 0 unspecified atom stereocenters. The molecule has 2 rings (SSSR count). The topological polar surface area (TPSA) is 29.9 Å². The summed E-state index contributed by atoms with van der Waals surface area (Å²) in [5.74, 6) is 0. The molecule has 0 aliphatic carbocycles. The first-order valence-electron chi connectivity index (χ1n) is 7.69. The van der Waals surface area contributed by atoms with Gasteiger partial charge in [-0.1, -0.05) is 37.6 Å². The Balaban J connectivity index is 2.19. The van der Waals surface area contributed by atoms with E-state index in [4.69, 9.17) is 11.6 Å². The van der Waals surface area contributed by atoms with Crippen LogP contribution in [-0.4, -0.2) is 16.3 Å². The smallest absolute Gasteiger partial charge is 0.0571 e. The van der Waals surface area contributed by atoms with Crippen LogP contribution in [0, 0.1) is 6.92 Å². The number of aromatic nitrogens is 2. The van der Waals surface area contributed by atoms with Crippen molar-refractivity contribution in [3.05, 3.63) is 40.7 Å². The van der Waals surface area contributed by atoms with Crippen LogP contribution >= 0.6 is 11.6 Å². The summed E-state index contributed by atoms with van der Waals surface area (Å²) in [5, 5.41) is 8.66. The monoisotopic (exact) mass is 305 g/mol. The van der Waals surface area contributed by atoms with Gasteiger partial charge < -0.3 is 5.32 Å². The molecular weight excluding hydrogens is 282 g/mol. The highest BCUT2D eigenvalue weighted by molar-refractivity contribution is 6.31. The standard InChI is InChI=1S/C17H24ClN3/c1-4-8-19-11-15-7-6-14(10-17(15)18)16-12-20-21(9-5-2)13(16)3/h6-7,10,12,19H,4-5,8-9,11H2,1-3H3. The molecule has 1 aromatic carbocycles. The summed E-state index contributed by atoms with van der Waals surface area (Å²) in [7, 11) is 0. The van der Waals surface area contributed by atoms with E-state index in [0.29, 0.717) is 0 Å². The maximum Gasteiger partial charge on any atom is 0.0571 e. The Kier molecular flexibility index (Phi) is 5.83. The number of rotatable bonds is 7. The lowest BCUT2D eigenvalue weighted by Gasteiger charge is -2.09. The van der Waals surface area contributed by atoms with Crippen molar-refractivity contribution in [3.63, 3.8) is 0 Å². The van der Waals surface area contributed by atoms with Crippen LogP contribution in [0.1, 0.15) is 37.9 Å². The number of hydrogen-bond donors (Lipinski definition) is 1. The van der Waals surface area contributed by atoms with Crippen molar-refractivity contribution in [1.82, 2.24) is 15.1 Å². The highest BCUT2D eigenvalue weighted by Gasteiger charge is 2.10. The van der Waals surface area contributed by atoms with Crippen molar-refractivity contribution in [2.24, 2.45) is 0 Å². The van der Waals surface area contributed by atoms with E-state index in [2.05, 4.69) is 48.0 Å². The SMILES string of the molecule is CCCNCc1ccc(-c2cnn(CCC)c2C)cc1Cl. The van der Waals surface area contributed by atoms with Gasteiger partial charge in [0.05, 0.1) is 6.20 Å². The summed E-state index contributed by atoms with van der Waals surface area (Å²) in [6, 6.07) is 6.29. The fourth-order valence-electron chi connectivity index (χ4n) is 2.43. The summed E-state index contributed by atoms with van der Waals surface area (Å²) >= 11 is 6.41. The Hall–Kier alpha value is -1.32. The second-order valence-corrected chi connectivity index (χ2v) is 5.76. The molecule has 3 nitrogen and oxygen atoms in total. The van der Waals surface area contributed by atoms with Gasteiger partial charge in [-0.25, -0.2) is 0 Å². The van der Waals surface area contributed by atoms with Gasteiger partial charge in [0, 0.05) is 29.4 Å². The van der Waals surface area contributed by atoms with Crippen molar-refractivity contribution < 1.29 is 0 Å². The average molecular weight is 306 g/mol. The third-order valence-corrected chi connectivity index (χ3v) is 4.00. The molecule has 0 saturated carbocycles. The largest absolute Gasteiger partial charge is 0.313 e. The van der Waals surface area contributed by atoms with Crippen molar-refractivity contribution in [2.75, 3.05) is 6.54 Å². The van der Waals surface area contributed by atoms with Gasteiger partial charge in [0.15, 0.2) is 0 Å². The Morgan fingerprint density at radius 3 is 2.71 bits per heavy atom. The lowest BCUT2D eigenvalue weighted by molar-refractivity contribution is 0.587. The van der Waals surface area contributed by atoms with Crippen LogP contribution in [0.15, 0.2) is 24.4 Å². The molecular formula is C17H24ClN3. The highest BCUT2D eigenvalue weighted by Crippen LogP contribution is 2.28. The third-order valence-electron chi connectivity index (χ3n) is 3.64. The Labute approximate surface area is 132 Å². The number of halogens is 1. The van der Waals surface area contributed by atoms with Gasteiger partial charge in [-0.3, -0.25) is 4.68 Å². The first kappa shape index (κ1) is 16.1. The van der Waals surface area contributed by atoms with Crippen molar-refractivity contribution in [3.8, 4) is 11.1 Å². The van der Waals surface area contributed by atoms with E-state index in [9.17, 15) is 0 Å². The second kappa shape index (κ2) is 7.62. The Morgan fingerprint density at radius 2 is 2.05 bits per heavy atom. The van der Waals surface area contributed by atoms with Crippen LogP contribution in [0.5, 0.6) is 0 Å². The van der Waals surface area contributed by atoms with E-state index in [1.54, 1.807) is 0 Å². The number of nitrogens with one attached hydrogen (secondary N) is 1. The van der Waals surface area contributed by atoms with Gasteiger partial charge in [-0.05, 0) is 43.5 Å². The van der Waals surface area contributed by atoms with Crippen molar-refractivity contribution >= 4 is 11.6 Å². The maximum absolute atomic E-state index is 6.41. The molecule has 0 aliphatic rings. The van der Waals surface area contributed by atoms with E-state index in [0.717, 1.165) is 48.6 Å². The minimum Gasteiger partial charge on any atom is -0.313 e. The molecule has 0 spiro atoms. The highest BCUT2D eigenvalue weighted by atomic mass is 35.5. The number of nitrogens with zero attached hydrogens (tertiary/aromatic N) is 2. The first-order chi connectivity index (χ1) is 10.2. The molecule has 0 saturated heterocycles. The number of aryl methyl sites for hydroxylation is 1. The number of benzene rings is 1. The molecule has 1 aromatic heterocycles. The molecule has 0 fully saturated rings.